The van der Waals surface area contributed by atoms with E-state index in [4.69, 9.17) is 10.5 Å². The number of benzene rings is 2. The number of nitrogens with one attached hydrogen (secondary N) is 1. The third kappa shape index (κ3) is 4.25. The lowest BCUT2D eigenvalue weighted by molar-refractivity contribution is -0.122. The quantitative estimate of drug-likeness (QED) is 0.633. The molecule has 2 aromatic carbocycles. The Labute approximate surface area is 178 Å². The third-order valence-corrected chi connectivity index (χ3v) is 5.12. The van der Waals surface area contributed by atoms with Crippen LogP contribution < -0.4 is 20.7 Å². The van der Waals surface area contributed by atoms with Crippen molar-refractivity contribution in [1.82, 2.24) is 9.78 Å². The Hall–Kier alpha value is -4.14. The molecule has 4 rings (SSSR count). The molecule has 1 fully saturated rings. The molecular weight excluding hydrogens is 398 g/mol. The molecule has 1 aliphatic heterocycles. The molecule has 9 heteroatoms. The van der Waals surface area contributed by atoms with E-state index < -0.39 is 11.8 Å². The summed E-state index contributed by atoms with van der Waals surface area (Å²) >= 11 is 0. The molecule has 9 nitrogen and oxygen atoms in total. The van der Waals surface area contributed by atoms with Gasteiger partial charge >= 0.3 is 0 Å². The number of nitrogens with two attached hydrogens (primary N) is 1. The fourth-order valence-corrected chi connectivity index (χ4v) is 3.44. The van der Waals surface area contributed by atoms with Gasteiger partial charge < -0.3 is 20.7 Å². The Bertz CT molecular complexity index is 1120. The second kappa shape index (κ2) is 8.31. The summed E-state index contributed by atoms with van der Waals surface area (Å²) in [7, 11) is 1.58. The Balaban J connectivity index is 1.39. The van der Waals surface area contributed by atoms with E-state index in [9.17, 15) is 14.4 Å². The first-order valence-corrected chi connectivity index (χ1v) is 9.66. The second-order valence-electron chi connectivity index (χ2n) is 7.15. The molecule has 0 bridgehead atoms. The third-order valence-electron chi connectivity index (χ3n) is 5.12. The largest absolute Gasteiger partial charge is 0.497 e. The fraction of sp³-hybridized carbons (Fsp3) is 0.182. The predicted molar refractivity (Wildman–Crippen MR) is 114 cm³/mol. The molecule has 158 valence electrons. The molecule has 0 aliphatic carbocycles. The standard InChI is InChI=1S/C22H21N5O4/c1-31-18-8-6-16(7-9-18)26-13-14(12-20(26)28)22(30)24-15-2-4-17(5-3-15)27-11-10-19(25-27)21(23)29/h2-11,14H,12-13H2,1H3,(H2,23,29)(H,24,30). The van der Waals surface area contributed by atoms with Crippen LogP contribution in [0.15, 0.2) is 60.8 Å². The van der Waals surface area contributed by atoms with E-state index in [-0.39, 0.29) is 23.9 Å². The number of carbonyl (C=O) groups is 3. The van der Waals surface area contributed by atoms with Crippen molar-refractivity contribution in [3.05, 3.63) is 66.5 Å². The number of ether oxygens (including phenoxy) is 1. The minimum Gasteiger partial charge on any atom is -0.497 e. The van der Waals surface area contributed by atoms with Crippen molar-refractivity contribution < 1.29 is 19.1 Å². The maximum absolute atomic E-state index is 12.7. The van der Waals surface area contributed by atoms with Crippen LogP contribution in [0.3, 0.4) is 0 Å². The van der Waals surface area contributed by atoms with Crippen LogP contribution in [0.1, 0.15) is 16.9 Å². The van der Waals surface area contributed by atoms with E-state index >= 15 is 0 Å². The number of aromatic nitrogens is 2. The predicted octanol–water partition coefficient (Wildman–Crippen LogP) is 1.97. The maximum Gasteiger partial charge on any atom is 0.269 e. The zero-order valence-electron chi connectivity index (χ0n) is 16.8. The summed E-state index contributed by atoms with van der Waals surface area (Å²) < 4.78 is 6.66. The van der Waals surface area contributed by atoms with Gasteiger partial charge in [0.25, 0.3) is 5.91 Å². The molecule has 1 saturated heterocycles. The van der Waals surface area contributed by atoms with Crippen LogP contribution >= 0.6 is 0 Å². The van der Waals surface area contributed by atoms with Crippen molar-refractivity contribution in [3.63, 3.8) is 0 Å². The van der Waals surface area contributed by atoms with E-state index in [0.29, 0.717) is 23.7 Å². The lowest BCUT2D eigenvalue weighted by atomic mass is 10.1. The Kier molecular flexibility index (Phi) is 5.40. The van der Waals surface area contributed by atoms with Crippen LogP contribution in [-0.4, -0.2) is 41.2 Å². The van der Waals surface area contributed by atoms with Gasteiger partial charge in [0.2, 0.25) is 11.8 Å². The number of nitrogens with zero attached hydrogens (tertiary/aromatic N) is 3. The minimum absolute atomic E-state index is 0.0930. The lowest BCUT2D eigenvalue weighted by Crippen LogP contribution is -2.28. The molecule has 0 saturated carbocycles. The van der Waals surface area contributed by atoms with Gasteiger partial charge in [-0.1, -0.05) is 0 Å². The van der Waals surface area contributed by atoms with E-state index in [1.807, 2.05) is 0 Å². The topological polar surface area (TPSA) is 120 Å². The second-order valence-corrected chi connectivity index (χ2v) is 7.15. The van der Waals surface area contributed by atoms with E-state index in [1.165, 1.54) is 10.7 Å². The van der Waals surface area contributed by atoms with Gasteiger partial charge in [-0.3, -0.25) is 14.4 Å². The molecular formula is C22H21N5O4. The van der Waals surface area contributed by atoms with Crippen LogP contribution in [0.4, 0.5) is 11.4 Å². The number of primary amides is 1. The number of hydrogen-bond donors (Lipinski definition) is 2. The molecule has 3 aromatic rings. The van der Waals surface area contributed by atoms with Gasteiger partial charge in [-0.05, 0) is 54.6 Å². The van der Waals surface area contributed by atoms with Gasteiger partial charge in [-0.15, -0.1) is 0 Å². The summed E-state index contributed by atoms with van der Waals surface area (Å²) in [6.07, 6.45) is 1.78. The van der Waals surface area contributed by atoms with Gasteiger partial charge in [0.05, 0.1) is 18.7 Å². The number of methoxy groups -OCH3 is 1. The highest BCUT2D eigenvalue weighted by Gasteiger charge is 2.35. The van der Waals surface area contributed by atoms with Crippen LogP contribution in [0.5, 0.6) is 5.75 Å². The monoisotopic (exact) mass is 419 g/mol. The van der Waals surface area contributed by atoms with Crippen LogP contribution in [0, 0.1) is 5.92 Å². The Morgan fingerprint density at radius 1 is 1.06 bits per heavy atom. The van der Waals surface area contributed by atoms with Gasteiger partial charge in [0, 0.05) is 30.5 Å². The lowest BCUT2D eigenvalue weighted by Gasteiger charge is -2.17. The molecule has 0 radical (unpaired) electrons. The van der Waals surface area contributed by atoms with Gasteiger partial charge in [0.15, 0.2) is 0 Å². The highest BCUT2D eigenvalue weighted by Crippen LogP contribution is 2.27. The van der Waals surface area contributed by atoms with Gasteiger partial charge in [-0.25, -0.2) is 4.68 Å². The number of anilines is 2. The van der Waals surface area contributed by atoms with Crippen LogP contribution in [0.25, 0.3) is 5.69 Å². The molecule has 1 aliphatic rings. The molecule has 0 spiro atoms. The first-order chi connectivity index (χ1) is 14.9. The first-order valence-electron chi connectivity index (χ1n) is 9.66. The smallest absolute Gasteiger partial charge is 0.269 e. The average molecular weight is 419 g/mol. The summed E-state index contributed by atoms with van der Waals surface area (Å²) in [5.74, 6) is -0.651. The van der Waals surface area contributed by atoms with E-state index in [2.05, 4.69) is 10.4 Å². The average Bonchev–Trinajstić information content (AvgIpc) is 3.42. The fourth-order valence-electron chi connectivity index (χ4n) is 3.44. The highest BCUT2D eigenvalue weighted by molar-refractivity contribution is 6.03. The van der Waals surface area contributed by atoms with E-state index in [1.54, 1.807) is 66.7 Å². The van der Waals surface area contributed by atoms with E-state index in [0.717, 1.165) is 5.69 Å². The summed E-state index contributed by atoms with van der Waals surface area (Å²) in [6, 6.07) is 15.7. The summed E-state index contributed by atoms with van der Waals surface area (Å²) in [6.45, 7) is 0.318. The molecule has 2 heterocycles. The van der Waals surface area contributed by atoms with Crippen LogP contribution in [0.2, 0.25) is 0 Å². The minimum atomic E-state index is -0.600. The van der Waals surface area contributed by atoms with Crippen molar-refractivity contribution >= 4 is 29.1 Å². The Morgan fingerprint density at radius 3 is 2.35 bits per heavy atom. The number of carbonyl (C=O) groups excluding carboxylic acids is 3. The van der Waals surface area contributed by atoms with Gasteiger partial charge in [-0.2, -0.15) is 5.10 Å². The summed E-state index contributed by atoms with van der Waals surface area (Å²) in [4.78, 5) is 37.9. The SMILES string of the molecule is COc1ccc(N2CC(C(=O)Nc3ccc(-n4ccc(C(N)=O)n4)cc3)CC2=O)cc1. The summed E-state index contributed by atoms with van der Waals surface area (Å²) in [5, 5.41) is 6.95. The van der Waals surface area contributed by atoms with Crippen molar-refractivity contribution in [3.8, 4) is 11.4 Å². The number of amides is 3. The zero-order valence-corrected chi connectivity index (χ0v) is 16.8. The zero-order chi connectivity index (χ0) is 22.0. The van der Waals surface area contributed by atoms with Crippen LogP contribution in [-0.2, 0) is 9.59 Å². The van der Waals surface area contributed by atoms with Crippen molar-refractivity contribution in [2.75, 3.05) is 23.9 Å². The molecule has 3 N–H and O–H groups in total. The van der Waals surface area contributed by atoms with Crippen molar-refractivity contribution in [2.24, 2.45) is 11.7 Å². The first kappa shape index (κ1) is 20.1. The normalized spacial score (nSPS) is 15.7. The molecule has 1 unspecified atom stereocenters. The highest BCUT2D eigenvalue weighted by atomic mass is 16.5. The molecule has 31 heavy (non-hydrogen) atoms. The molecule has 1 atom stereocenters. The molecule has 3 amide bonds. The Morgan fingerprint density at radius 2 is 1.74 bits per heavy atom. The van der Waals surface area contributed by atoms with Crippen molar-refractivity contribution in [2.45, 2.75) is 6.42 Å². The molecule has 1 aromatic heterocycles. The number of rotatable bonds is 6. The maximum atomic E-state index is 12.7. The van der Waals surface area contributed by atoms with Gasteiger partial charge in [0.1, 0.15) is 11.4 Å². The number of hydrogen-bond acceptors (Lipinski definition) is 5. The summed E-state index contributed by atoms with van der Waals surface area (Å²) in [5.41, 5.74) is 7.44. The van der Waals surface area contributed by atoms with Crippen molar-refractivity contribution in [1.29, 1.82) is 0 Å².